The molecule has 0 saturated heterocycles. The number of ether oxygens (including phenoxy) is 6. The van der Waals surface area contributed by atoms with Crippen molar-refractivity contribution in [1.82, 2.24) is 0 Å². The fourth-order valence-electron chi connectivity index (χ4n) is 4.81. The summed E-state index contributed by atoms with van der Waals surface area (Å²) in [6.45, 7) is 58.1. The zero-order chi connectivity index (χ0) is 42.6. The molecule has 0 radical (unpaired) electrons. The molecule has 0 aliphatic rings. The lowest BCUT2D eigenvalue weighted by atomic mass is 9.67. The number of carbonyl (C=O) groups is 1. The highest BCUT2D eigenvalue weighted by Crippen LogP contribution is 2.43. The van der Waals surface area contributed by atoms with Gasteiger partial charge in [0.25, 0.3) is 0 Å². The summed E-state index contributed by atoms with van der Waals surface area (Å²) in [6.07, 6.45) is 0. The molecule has 0 bridgehead atoms. The normalized spacial score (nSPS) is 14.3. The Labute approximate surface area is 338 Å². The van der Waals surface area contributed by atoms with Gasteiger partial charge in [0.15, 0.2) is 0 Å². The van der Waals surface area contributed by atoms with E-state index in [0.717, 1.165) is 19.8 Å². The predicted octanol–water partition coefficient (Wildman–Crippen LogP) is 12.6. The van der Waals surface area contributed by atoms with E-state index in [9.17, 15) is 4.79 Å². The summed E-state index contributed by atoms with van der Waals surface area (Å²) in [4.78, 5) is 13.3. The minimum absolute atomic E-state index is 0. The van der Waals surface area contributed by atoms with Crippen LogP contribution in [-0.2, 0) is 33.2 Å². The van der Waals surface area contributed by atoms with Crippen LogP contribution >= 0.6 is 0 Å². The molecule has 0 aromatic rings. The van der Waals surface area contributed by atoms with Crippen LogP contribution in [0.15, 0.2) is 0 Å². The third-order valence-corrected chi connectivity index (χ3v) is 8.56. The van der Waals surface area contributed by atoms with Crippen molar-refractivity contribution in [3.63, 3.8) is 0 Å². The van der Waals surface area contributed by atoms with E-state index >= 15 is 0 Å². The number of hydrogen-bond donors (Lipinski definition) is 0. The maximum Gasteiger partial charge on any atom is 0.317 e. The summed E-state index contributed by atoms with van der Waals surface area (Å²) in [5, 5.41) is 0. The van der Waals surface area contributed by atoms with Crippen molar-refractivity contribution in [3.8, 4) is 0 Å². The monoisotopic (exact) mass is 775 g/mol. The Bertz CT molecular complexity index is 934. The van der Waals surface area contributed by atoms with Gasteiger partial charge in [0, 0.05) is 5.41 Å². The second-order valence-corrected chi connectivity index (χ2v) is 25.3. The van der Waals surface area contributed by atoms with Gasteiger partial charge in [-0.3, -0.25) is 4.79 Å². The van der Waals surface area contributed by atoms with E-state index in [-0.39, 0.29) is 62.1 Å². The van der Waals surface area contributed by atoms with Gasteiger partial charge in [0.1, 0.15) is 5.41 Å². The van der Waals surface area contributed by atoms with Crippen molar-refractivity contribution in [1.29, 1.82) is 0 Å². The highest BCUT2D eigenvalue weighted by Gasteiger charge is 2.51. The molecule has 0 rings (SSSR count). The van der Waals surface area contributed by atoms with E-state index < -0.39 is 5.41 Å². The second kappa shape index (κ2) is 21.9. The van der Waals surface area contributed by atoms with Crippen molar-refractivity contribution in [2.75, 3.05) is 72.7 Å². The maximum atomic E-state index is 13.3. The van der Waals surface area contributed by atoms with Gasteiger partial charge in [-0.2, -0.15) is 0 Å². The first-order valence-corrected chi connectivity index (χ1v) is 20.2. The van der Waals surface area contributed by atoms with Crippen LogP contribution in [-0.4, -0.2) is 78.6 Å². The molecule has 0 saturated carbocycles. The van der Waals surface area contributed by atoms with E-state index in [1.54, 1.807) is 0 Å². The molecule has 0 aliphatic carbocycles. The zero-order valence-electron chi connectivity index (χ0n) is 40.1. The molecule has 0 aliphatic heterocycles. The fraction of sp³-hybridized carbons (Fsp3) is 0.979. The largest absolute Gasteiger partial charge is 0.465 e. The quantitative estimate of drug-likeness (QED) is 0.136. The van der Waals surface area contributed by atoms with Crippen molar-refractivity contribution in [2.24, 2.45) is 54.1 Å². The Morgan fingerprint density at radius 1 is 0.315 bits per heavy atom. The van der Waals surface area contributed by atoms with Gasteiger partial charge < -0.3 is 28.4 Å². The topological polar surface area (TPSA) is 72.5 Å². The molecule has 0 amide bonds. The van der Waals surface area contributed by atoms with Crippen LogP contribution in [0, 0.1) is 54.1 Å². The lowest BCUT2D eigenvalue weighted by Crippen LogP contribution is -2.52. The Hall–Kier alpha value is -0.730. The van der Waals surface area contributed by atoms with Crippen LogP contribution in [0.3, 0.4) is 0 Å². The Morgan fingerprint density at radius 2 is 0.537 bits per heavy atom. The molecule has 0 N–H and O–H groups in total. The number of rotatable bonds is 17. The summed E-state index contributed by atoms with van der Waals surface area (Å²) in [5.41, 5.74) is -0.928. The Balaban J connectivity index is -0.000000946. The van der Waals surface area contributed by atoms with E-state index in [1.807, 2.05) is 0 Å². The summed E-state index contributed by atoms with van der Waals surface area (Å²) in [7, 11) is 0. The van der Waals surface area contributed by atoms with Crippen molar-refractivity contribution in [3.05, 3.63) is 0 Å². The molecule has 0 spiro atoms. The highest BCUT2D eigenvalue weighted by molar-refractivity contribution is 5.78. The SMILES string of the molecule is C.CC(C)(C)COCC(COCC(C)(C)C)(C(=O)OCC(C)(C)C)C(C)(C)C.CC(C)(C)COCC(COCC(C)(C)C)(COCC(C)(C)C)C(C)(C)C. The number of esters is 1. The molecule has 0 aromatic carbocycles. The molecule has 328 valence electrons. The Morgan fingerprint density at radius 3 is 0.722 bits per heavy atom. The van der Waals surface area contributed by atoms with Gasteiger partial charge >= 0.3 is 5.97 Å². The Kier molecular flexibility index (Phi) is 23.3. The second-order valence-electron chi connectivity index (χ2n) is 25.3. The van der Waals surface area contributed by atoms with Crippen LogP contribution in [0.1, 0.15) is 174 Å². The highest BCUT2D eigenvalue weighted by atomic mass is 16.5. The van der Waals surface area contributed by atoms with Crippen molar-refractivity contribution < 1.29 is 33.2 Å². The van der Waals surface area contributed by atoms with Crippen molar-refractivity contribution in [2.45, 2.75) is 174 Å². The van der Waals surface area contributed by atoms with Gasteiger partial charge in [0.05, 0.1) is 72.7 Å². The molecular weight excluding hydrogens is 677 g/mol. The van der Waals surface area contributed by atoms with Crippen LogP contribution in [0.2, 0.25) is 0 Å². The minimum Gasteiger partial charge on any atom is -0.465 e. The lowest BCUT2D eigenvalue weighted by Gasteiger charge is -2.45. The molecule has 54 heavy (non-hydrogen) atoms. The number of carbonyl (C=O) groups excluding carboxylic acids is 1. The van der Waals surface area contributed by atoms with Crippen LogP contribution < -0.4 is 0 Å². The van der Waals surface area contributed by atoms with Gasteiger partial charge in [0.2, 0.25) is 0 Å². The fourth-order valence-corrected chi connectivity index (χ4v) is 4.81. The first-order valence-electron chi connectivity index (χ1n) is 20.2. The summed E-state index contributed by atoms with van der Waals surface area (Å²) >= 11 is 0. The standard InChI is InChI=1S/C23H46O4.C23H48O3.CH4/c1-19(2,3)13-25-16-23(22(10,11)12,17-26-14-20(4,5)6)18(24)27-15-21(7,8)9;1-19(2,3)13-24-16-23(22(10,11)12,17-25-14-20(4,5)6)18-26-15-21(7,8)9;/h13-17H2,1-12H3;13-18H2,1-12H3;1H4. The third kappa shape index (κ3) is 27.0. The van der Waals surface area contributed by atoms with E-state index in [0.29, 0.717) is 52.9 Å². The van der Waals surface area contributed by atoms with E-state index in [4.69, 9.17) is 28.4 Å². The van der Waals surface area contributed by atoms with Crippen LogP contribution in [0.4, 0.5) is 0 Å². The molecule has 0 fully saturated rings. The smallest absolute Gasteiger partial charge is 0.317 e. The van der Waals surface area contributed by atoms with Crippen LogP contribution in [0.5, 0.6) is 0 Å². The van der Waals surface area contributed by atoms with E-state index in [1.165, 1.54) is 0 Å². The van der Waals surface area contributed by atoms with Crippen molar-refractivity contribution >= 4 is 5.97 Å². The van der Waals surface area contributed by atoms with Gasteiger partial charge in [-0.1, -0.05) is 174 Å². The average molecular weight is 775 g/mol. The predicted molar refractivity (Wildman–Crippen MR) is 232 cm³/mol. The molecule has 0 heterocycles. The average Bonchev–Trinajstić information content (AvgIpc) is 2.85. The zero-order valence-corrected chi connectivity index (χ0v) is 40.1. The molecule has 0 aromatic heterocycles. The molecule has 7 heteroatoms. The number of hydrogen-bond acceptors (Lipinski definition) is 7. The lowest BCUT2D eigenvalue weighted by molar-refractivity contribution is -0.183. The summed E-state index contributed by atoms with van der Waals surface area (Å²) < 4.78 is 36.4. The van der Waals surface area contributed by atoms with Gasteiger partial charge in [-0.15, -0.1) is 0 Å². The summed E-state index contributed by atoms with van der Waals surface area (Å²) in [6, 6.07) is 0. The van der Waals surface area contributed by atoms with Gasteiger partial charge in [-0.05, 0) is 43.3 Å². The molecular formula is C47H98O7. The minimum atomic E-state index is -0.852. The van der Waals surface area contributed by atoms with Crippen LogP contribution in [0.25, 0.3) is 0 Å². The van der Waals surface area contributed by atoms with E-state index in [2.05, 4.69) is 166 Å². The van der Waals surface area contributed by atoms with Gasteiger partial charge in [-0.25, -0.2) is 0 Å². The summed E-state index contributed by atoms with van der Waals surface area (Å²) in [5.74, 6) is -0.229. The molecule has 0 unspecified atom stereocenters. The first-order chi connectivity index (χ1) is 23.2. The molecule has 7 nitrogen and oxygen atoms in total. The molecule has 0 atom stereocenters. The maximum absolute atomic E-state index is 13.3. The third-order valence-electron chi connectivity index (χ3n) is 8.56. The first kappa shape index (κ1) is 57.6.